The molecule has 94 valence electrons. The van der Waals surface area contributed by atoms with E-state index in [1.165, 1.54) is 6.20 Å². The molecule has 0 aromatic carbocycles. The Kier molecular flexibility index (Phi) is 3.76. The van der Waals surface area contributed by atoms with Gasteiger partial charge in [0.15, 0.2) is 0 Å². The molecule has 5 nitrogen and oxygen atoms in total. The number of anilines is 1. The molecule has 0 aliphatic carbocycles. The predicted molar refractivity (Wildman–Crippen MR) is 73.8 cm³/mol. The Labute approximate surface area is 113 Å². The molecule has 0 unspecified atom stereocenters. The lowest BCUT2D eigenvalue weighted by Gasteiger charge is -2.09. The summed E-state index contributed by atoms with van der Waals surface area (Å²) >= 11 is 3.19. The highest BCUT2D eigenvalue weighted by atomic mass is 79.9. The zero-order chi connectivity index (χ0) is 13.1. The number of halogens is 1. The van der Waals surface area contributed by atoms with Crippen LogP contribution < -0.4 is 10.9 Å². The molecule has 0 fully saturated rings. The van der Waals surface area contributed by atoms with Crippen LogP contribution in [-0.2, 0) is 6.54 Å². The first kappa shape index (κ1) is 12.8. The van der Waals surface area contributed by atoms with Crippen molar-refractivity contribution >= 4 is 21.6 Å². The highest BCUT2D eigenvalue weighted by Gasteiger charge is 2.07. The third-order valence-corrected chi connectivity index (χ3v) is 3.17. The lowest BCUT2D eigenvalue weighted by molar-refractivity contribution is 0.682. The Hall–Kier alpha value is -1.69. The van der Waals surface area contributed by atoms with E-state index in [0.29, 0.717) is 16.8 Å². The van der Waals surface area contributed by atoms with Gasteiger partial charge in [-0.1, -0.05) is 0 Å². The van der Waals surface area contributed by atoms with Crippen molar-refractivity contribution in [2.45, 2.75) is 13.5 Å². The van der Waals surface area contributed by atoms with Crippen molar-refractivity contribution in [3.8, 4) is 0 Å². The summed E-state index contributed by atoms with van der Waals surface area (Å²) in [5.74, 6) is 0.667. The molecule has 2 rings (SSSR count). The van der Waals surface area contributed by atoms with Crippen molar-refractivity contribution in [1.29, 1.82) is 0 Å². The van der Waals surface area contributed by atoms with Crippen LogP contribution in [0, 0.1) is 6.92 Å². The molecule has 0 saturated carbocycles. The van der Waals surface area contributed by atoms with Gasteiger partial charge < -0.3 is 5.32 Å². The maximum atomic E-state index is 12.0. The summed E-state index contributed by atoms with van der Waals surface area (Å²) in [6.07, 6.45) is 3.23. The highest BCUT2D eigenvalue weighted by Crippen LogP contribution is 2.09. The number of rotatable bonds is 3. The largest absolute Gasteiger partial charge is 0.388 e. The van der Waals surface area contributed by atoms with Gasteiger partial charge in [-0.05, 0) is 35.0 Å². The van der Waals surface area contributed by atoms with Gasteiger partial charge in [-0.3, -0.25) is 14.3 Å². The molecule has 0 radical (unpaired) electrons. The Morgan fingerprint density at radius 3 is 2.94 bits per heavy atom. The van der Waals surface area contributed by atoms with Crippen LogP contribution in [0.5, 0.6) is 0 Å². The van der Waals surface area contributed by atoms with E-state index in [0.717, 1.165) is 11.4 Å². The summed E-state index contributed by atoms with van der Waals surface area (Å²) in [5.41, 5.74) is 1.68. The third kappa shape index (κ3) is 2.59. The summed E-state index contributed by atoms with van der Waals surface area (Å²) in [5, 5.41) is 3.04. The first-order valence-corrected chi connectivity index (χ1v) is 6.25. The van der Waals surface area contributed by atoms with Gasteiger partial charge in [-0.25, -0.2) is 4.98 Å². The molecule has 0 aliphatic rings. The molecule has 2 aromatic rings. The number of nitrogens with one attached hydrogen (secondary N) is 1. The zero-order valence-electron chi connectivity index (χ0n) is 10.1. The lowest BCUT2D eigenvalue weighted by Crippen LogP contribution is -2.24. The van der Waals surface area contributed by atoms with Gasteiger partial charge in [0.2, 0.25) is 0 Å². The van der Waals surface area contributed by atoms with Crippen LogP contribution in [0.15, 0.2) is 33.8 Å². The van der Waals surface area contributed by atoms with Crippen LogP contribution in [0.25, 0.3) is 0 Å². The van der Waals surface area contributed by atoms with Crippen molar-refractivity contribution in [2.24, 2.45) is 0 Å². The summed E-state index contributed by atoms with van der Waals surface area (Å²) in [6, 6.07) is 3.78. The van der Waals surface area contributed by atoms with Crippen molar-refractivity contribution in [3.63, 3.8) is 0 Å². The molecule has 18 heavy (non-hydrogen) atoms. The monoisotopic (exact) mass is 308 g/mol. The Bertz CT molecular complexity index is 624. The van der Waals surface area contributed by atoms with E-state index in [9.17, 15) is 4.79 Å². The van der Waals surface area contributed by atoms with E-state index in [1.807, 2.05) is 19.2 Å². The van der Waals surface area contributed by atoms with Crippen LogP contribution in [0.2, 0.25) is 0 Å². The summed E-state index contributed by atoms with van der Waals surface area (Å²) in [4.78, 5) is 20.4. The second kappa shape index (κ2) is 5.30. The van der Waals surface area contributed by atoms with Gasteiger partial charge >= 0.3 is 0 Å². The van der Waals surface area contributed by atoms with Crippen molar-refractivity contribution in [1.82, 2.24) is 14.5 Å². The van der Waals surface area contributed by atoms with Crippen LogP contribution in [0.4, 0.5) is 5.69 Å². The van der Waals surface area contributed by atoms with E-state index in [4.69, 9.17) is 0 Å². The molecule has 0 aliphatic heterocycles. The van der Waals surface area contributed by atoms with E-state index in [2.05, 4.69) is 31.2 Å². The lowest BCUT2D eigenvalue weighted by atomic mass is 10.3. The van der Waals surface area contributed by atoms with E-state index >= 15 is 0 Å². The fraction of sp³-hybridized carbons (Fsp3) is 0.250. The number of hydrogen-bond acceptors (Lipinski definition) is 4. The number of nitrogens with zero attached hydrogens (tertiary/aromatic N) is 3. The quantitative estimate of drug-likeness (QED) is 0.939. The molecule has 2 aromatic heterocycles. The smallest absolute Gasteiger partial charge is 0.268 e. The fourth-order valence-corrected chi connectivity index (χ4v) is 1.94. The van der Waals surface area contributed by atoms with Crippen molar-refractivity contribution < 1.29 is 0 Å². The minimum atomic E-state index is -0.0980. The minimum absolute atomic E-state index is 0.0980. The number of hydrogen-bond donors (Lipinski definition) is 1. The molecule has 2 heterocycles. The molecule has 0 bridgehead atoms. The second-order valence-corrected chi connectivity index (χ2v) is 4.68. The average Bonchev–Trinajstić information content (AvgIpc) is 2.39. The molecular formula is C12H13BrN4O. The van der Waals surface area contributed by atoms with E-state index in [1.54, 1.807) is 17.7 Å². The SMILES string of the molecule is CNc1ccnc(Cn2c(C)ncc(Br)c2=O)c1. The van der Waals surface area contributed by atoms with E-state index in [-0.39, 0.29) is 5.56 Å². The fourth-order valence-electron chi connectivity index (χ4n) is 1.62. The van der Waals surface area contributed by atoms with Gasteiger partial charge in [-0.15, -0.1) is 0 Å². The topological polar surface area (TPSA) is 59.8 Å². The summed E-state index contributed by atoms with van der Waals surface area (Å²) in [6.45, 7) is 2.21. The molecule has 1 N–H and O–H groups in total. The molecule has 0 spiro atoms. The minimum Gasteiger partial charge on any atom is -0.388 e. The van der Waals surface area contributed by atoms with Gasteiger partial charge in [0.25, 0.3) is 5.56 Å². The van der Waals surface area contributed by atoms with E-state index < -0.39 is 0 Å². The average molecular weight is 309 g/mol. The van der Waals surface area contributed by atoms with Gasteiger partial charge in [0, 0.05) is 25.1 Å². The predicted octanol–water partition coefficient (Wildman–Crippen LogP) is 1.80. The van der Waals surface area contributed by atoms with Crippen LogP contribution >= 0.6 is 15.9 Å². The van der Waals surface area contributed by atoms with Crippen LogP contribution in [0.1, 0.15) is 11.5 Å². The van der Waals surface area contributed by atoms with Crippen LogP contribution in [0.3, 0.4) is 0 Å². The Morgan fingerprint density at radius 1 is 1.44 bits per heavy atom. The Balaban J connectivity index is 2.40. The first-order chi connectivity index (χ1) is 8.61. The number of aryl methyl sites for hydroxylation is 1. The molecule has 6 heteroatoms. The third-order valence-electron chi connectivity index (χ3n) is 2.63. The molecule has 0 amide bonds. The maximum absolute atomic E-state index is 12.0. The standard InChI is InChI=1S/C12H13BrN4O/c1-8-16-6-11(13)12(18)17(8)7-10-5-9(14-2)3-4-15-10/h3-6H,7H2,1-2H3,(H,14,15). The van der Waals surface area contributed by atoms with Crippen molar-refractivity contribution in [2.75, 3.05) is 12.4 Å². The molecular weight excluding hydrogens is 296 g/mol. The second-order valence-electron chi connectivity index (χ2n) is 3.83. The van der Waals surface area contributed by atoms with Crippen LogP contribution in [-0.4, -0.2) is 21.6 Å². The number of pyridine rings is 1. The maximum Gasteiger partial charge on any atom is 0.268 e. The first-order valence-electron chi connectivity index (χ1n) is 5.46. The van der Waals surface area contributed by atoms with Gasteiger partial charge in [-0.2, -0.15) is 0 Å². The zero-order valence-corrected chi connectivity index (χ0v) is 11.7. The van der Waals surface area contributed by atoms with Gasteiger partial charge in [0.05, 0.1) is 12.2 Å². The summed E-state index contributed by atoms with van der Waals surface area (Å²) < 4.78 is 2.05. The normalized spacial score (nSPS) is 10.4. The molecule has 0 atom stereocenters. The van der Waals surface area contributed by atoms with Crippen molar-refractivity contribution in [3.05, 3.63) is 50.9 Å². The number of aromatic nitrogens is 3. The highest BCUT2D eigenvalue weighted by molar-refractivity contribution is 9.10. The van der Waals surface area contributed by atoms with Gasteiger partial charge in [0.1, 0.15) is 10.3 Å². The summed E-state index contributed by atoms with van der Waals surface area (Å²) in [7, 11) is 1.84. The Morgan fingerprint density at radius 2 is 2.22 bits per heavy atom. The molecule has 0 saturated heterocycles.